The molecule has 1 aromatic carbocycles. The number of rotatable bonds is 3. The first-order valence-corrected chi connectivity index (χ1v) is 4.60. The lowest BCUT2D eigenvalue weighted by molar-refractivity contribution is -0.131. The molecule has 0 spiro atoms. The molecule has 1 N–H and O–H groups in total. The number of aryl methyl sites for hydroxylation is 1. The van der Waals surface area contributed by atoms with Crippen LogP contribution < -0.4 is 0 Å². The molecule has 0 atom stereocenters. The second-order valence-corrected chi connectivity index (χ2v) is 3.41. The maximum absolute atomic E-state index is 11.4. The van der Waals surface area contributed by atoms with Gasteiger partial charge in [0, 0.05) is 16.7 Å². The molecule has 0 bridgehead atoms. The molecule has 0 fully saturated rings. The van der Waals surface area contributed by atoms with Crippen molar-refractivity contribution in [2.24, 2.45) is 0 Å². The molecule has 0 aliphatic carbocycles. The highest BCUT2D eigenvalue weighted by Gasteiger charge is 2.04. The molecule has 0 heterocycles. The van der Waals surface area contributed by atoms with E-state index in [1.165, 1.54) is 0 Å². The molecule has 3 nitrogen and oxygen atoms in total. The maximum atomic E-state index is 11.4. The van der Waals surface area contributed by atoms with Gasteiger partial charge in [-0.05, 0) is 36.8 Å². The van der Waals surface area contributed by atoms with Crippen LogP contribution in [0.25, 0.3) is 0 Å². The minimum absolute atomic E-state index is 0.350. The highest BCUT2D eigenvalue weighted by Crippen LogP contribution is 2.16. The number of carboxylic acid groups (broad SMARTS) is 1. The molecule has 15 heavy (non-hydrogen) atoms. The second-order valence-electron chi connectivity index (χ2n) is 3.00. The van der Waals surface area contributed by atoms with E-state index >= 15 is 0 Å². The molecule has 0 saturated carbocycles. The van der Waals surface area contributed by atoms with Gasteiger partial charge < -0.3 is 5.11 Å². The monoisotopic (exact) mass is 224 g/mol. The Morgan fingerprint density at radius 3 is 2.53 bits per heavy atom. The molecule has 0 amide bonds. The van der Waals surface area contributed by atoms with Crippen LogP contribution in [0.2, 0.25) is 5.02 Å². The summed E-state index contributed by atoms with van der Waals surface area (Å²) >= 11 is 5.79. The van der Waals surface area contributed by atoms with Crippen LogP contribution >= 0.6 is 11.6 Å². The van der Waals surface area contributed by atoms with Crippen LogP contribution in [-0.2, 0) is 4.79 Å². The number of halogens is 1. The standard InChI is InChI=1S/C11H9ClO3/c1-7-6-8(2-3-9(7)12)10(13)4-5-11(14)15/h2-6H,1H3,(H,14,15)/b5-4+. The van der Waals surface area contributed by atoms with Crippen LogP contribution in [0.4, 0.5) is 0 Å². The van der Waals surface area contributed by atoms with Crippen LogP contribution in [0.1, 0.15) is 15.9 Å². The number of hydrogen-bond acceptors (Lipinski definition) is 2. The zero-order valence-corrected chi connectivity index (χ0v) is 8.78. The Labute approximate surface area is 92.0 Å². The third-order valence-corrected chi connectivity index (χ3v) is 2.24. The van der Waals surface area contributed by atoms with Crippen LogP contribution in [0.3, 0.4) is 0 Å². The van der Waals surface area contributed by atoms with E-state index in [2.05, 4.69) is 0 Å². The molecular formula is C11H9ClO3. The number of allylic oxidation sites excluding steroid dienone is 1. The zero-order chi connectivity index (χ0) is 11.4. The van der Waals surface area contributed by atoms with Gasteiger partial charge in [-0.25, -0.2) is 4.79 Å². The van der Waals surface area contributed by atoms with E-state index in [-0.39, 0.29) is 5.78 Å². The Morgan fingerprint density at radius 1 is 1.33 bits per heavy atom. The van der Waals surface area contributed by atoms with Crippen molar-refractivity contribution in [2.75, 3.05) is 0 Å². The van der Waals surface area contributed by atoms with E-state index in [0.717, 1.165) is 17.7 Å². The summed E-state index contributed by atoms with van der Waals surface area (Å²) in [4.78, 5) is 21.6. The SMILES string of the molecule is Cc1cc(C(=O)/C=C/C(=O)O)ccc1Cl. The van der Waals surface area contributed by atoms with Crippen molar-refractivity contribution in [3.05, 3.63) is 46.5 Å². The van der Waals surface area contributed by atoms with Crippen LogP contribution in [-0.4, -0.2) is 16.9 Å². The molecular weight excluding hydrogens is 216 g/mol. The first kappa shape index (κ1) is 11.5. The Kier molecular flexibility index (Phi) is 3.63. The van der Waals surface area contributed by atoms with Crippen LogP contribution in [0.15, 0.2) is 30.4 Å². The number of carbonyl (C=O) groups is 2. The summed E-state index contributed by atoms with van der Waals surface area (Å²) in [7, 11) is 0. The number of carboxylic acids is 1. The number of hydrogen-bond donors (Lipinski definition) is 1. The first-order valence-electron chi connectivity index (χ1n) is 4.22. The number of carbonyl (C=O) groups excluding carboxylic acids is 1. The van der Waals surface area contributed by atoms with Gasteiger partial charge in [0.15, 0.2) is 5.78 Å². The summed E-state index contributed by atoms with van der Waals surface area (Å²) in [6.45, 7) is 1.78. The molecule has 0 aliphatic rings. The van der Waals surface area contributed by atoms with Gasteiger partial charge in [0.25, 0.3) is 0 Å². The van der Waals surface area contributed by atoms with Crippen molar-refractivity contribution in [2.45, 2.75) is 6.92 Å². The van der Waals surface area contributed by atoms with Gasteiger partial charge in [0.1, 0.15) is 0 Å². The summed E-state index contributed by atoms with van der Waals surface area (Å²) in [6, 6.07) is 4.79. The average molecular weight is 225 g/mol. The quantitative estimate of drug-likeness (QED) is 0.634. The topological polar surface area (TPSA) is 54.4 Å². The van der Waals surface area contributed by atoms with Gasteiger partial charge in [0.2, 0.25) is 0 Å². The average Bonchev–Trinajstić information content (AvgIpc) is 2.18. The predicted octanol–water partition coefficient (Wildman–Crippen LogP) is 2.47. The summed E-state index contributed by atoms with van der Waals surface area (Å²) in [5, 5.41) is 8.93. The molecule has 78 valence electrons. The summed E-state index contributed by atoms with van der Waals surface area (Å²) < 4.78 is 0. The lowest BCUT2D eigenvalue weighted by Gasteiger charge is -1.99. The Hall–Kier alpha value is -1.61. The van der Waals surface area contributed by atoms with Crippen molar-refractivity contribution in [3.8, 4) is 0 Å². The third kappa shape index (κ3) is 3.22. The highest BCUT2D eigenvalue weighted by molar-refractivity contribution is 6.31. The van der Waals surface area contributed by atoms with Gasteiger partial charge in [0.05, 0.1) is 0 Å². The number of ketones is 1. The molecule has 0 radical (unpaired) electrons. The number of benzene rings is 1. The lowest BCUT2D eigenvalue weighted by Crippen LogP contribution is -1.97. The van der Waals surface area contributed by atoms with E-state index < -0.39 is 5.97 Å². The maximum Gasteiger partial charge on any atom is 0.328 e. The normalized spacial score (nSPS) is 10.5. The van der Waals surface area contributed by atoms with Gasteiger partial charge in [-0.15, -0.1) is 0 Å². The molecule has 0 aromatic heterocycles. The van der Waals surface area contributed by atoms with E-state index in [0.29, 0.717) is 10.6 Å². The molecule has 1 rings (SSSR count). The fraction of sp³-hybridized carbons (Fsp3) is 0.0909. The zero-order valence-electron chi connectivity index (χ0n) is 8.03. The van der Waals surface area contributed by atoms with Crippen molar-refractivity contribution in [1.29, 1.82) is 0 Å². The molecule has 4 heteroatoms. The molecule has 0 aliphatic heterocycles. The van der Waals surface area contributed by atoms with Crippen molar-refractivity contribution in [3.63, 3.8) is 0 Å². The third-order valence-electron chi connectivity index (χ3n) is 1.82. The lowest BCUT2D eigenvalue weighted by atomic mass is 10.1. The van der Waals surface area contributed by atoms with E-state index in [9.17, 15) is 9.59 Å². The van der Waals surface area contributed by atoms with Crippen LogP contribution in [0, 0.1) is 6.92 Å². The smallest absolute Gasteiger partial charge is 0.328 e. The minimum atomic E-state index is -1.14. The fourth-order valence-corrected chi connectivity index (χ4v) is 1.16. The Bertz CT molecular complexity index is 435. The van der Waals surface area contributed by atoms with Gasteiger partial charge in [-0.2, -0.15) is 0 Å². The molecule has 1 aromatic rings. The first-order chi connectivity index (χ1) is 7.00. The van der Waals surface area contributed by atoms with Crippen molar-refractivity contribution in [1.82, 2.24) is 0 Å². The Morgan fingerprint density at radius 2 is 2.00 bits per heavy atom. The van der Waals surface area contributed by atoms with Crippen molar-refractivity contribution < 1.29 is 14.7 Å². The summed E-state index contributed by atoms with van der Waals surface area (Å²) in [5.74, 6) is -1.49. The van der Waals surface area contributed by atoms with E-state index in [1.807, 2.05) is 0 Å². The fourth-order valence-electron chi connectivity index (χ4n) is 1.04. The van der Waals surface area contributed by atoms with Gasteiger partial charge >= 0.3 is 5.97 Å². The van der Waals surface area contributed by atoms with E-state index in [1.54, 1.807) is 25.1 Å². The van der Waals surface area contributed by atoms with Crippen molar-refractivity contribution >= 4 is 23.4 Å². The summed E-state index contributed by atoms with van der Waals surface area (Å²) in [5.41, 5.74) is 1.21. The van der Waals surface area contributed by atoms with Gasteiger partial charge in [-0.3, -0.25) is 4.79 Å². The largest absolute Gasteiger partial charge is 0.478 e. The summed E-state index contributed by atoms with van der Waals surface area (Å²) in [6.07, 6.45) is 1.83. The molecule has 0 saturated heterocycles. The number of aliphatic carboxylic acids is 1. The highest BCUT2D eigenvalue weighted by atomic mass is 35.5. The molecule has 0 unspecified atom stereocenters. The van der Waals surface area contributed by atoms with Gasteiger partial charge in [-0.1, -0.05) is 11.6 Å². The van der Waals surface area contributed by atoms with Crippen LogP contribution in [0.5, 0.6) is 0 Å². The predicted molar refractivity (Wildman–Crippen MR) is 57.3 cm³/mol. The second kappa shape index (κ2) is 4.75. The van der Waals surface area contributed by atoms with E-state index in [4.69, 9.17) is 16.7 Å². The minimum Gasteiger partial charge on any atom is -0.478 e. The Balaban J connectivity index is 2.92.